The number of hydrogen-bond acceptors (Lipinski definition) is 3. The Balaban J connectivity index is 2.26. The van der Waals surface area contributed by atoms with Crippen LogP contribution < -0.4 is 5.73 Å². The second-order valence-electron chi connectivity index (χ2n) is 4.46. The van der Waals surface area contributed by atoms with Crippen LogP contribution in [-0.4, -0.2) is 9.97 Å². The monoisotopic (exact) mass is 253 g/mol. The van der Waals surface area contributed by atoms with Gasteiger partial charge in [-0.15, -0.1) is 0 Å². The fourth-order valence-corrected chi connectivity index (χ4v) is 2.10. The molecule has 3 nitrogen and oxygen atoms in total. The van der Waals surface area contributed by atoms with Gasteiger partial charge in [0, 0.05) is 5.56 Å². The van der Waals surface area contributed by atoms with Gasteiger partial charge in [0.15, 0.2) is 5.82 Å². The zero-order chi connectivity index (χ0) is 13.4. The minimum absolute atomic E-state index is 0.302. The highest BCUT2D eigenvalue weighted by Gasteiger charge is 2.09. The zero-order valence-corrected chi connectivity index (χ0v) is 10.4. The van der Waals surface area contributed by atoms with E-state index in [1.54, 1.807) is 0 Å². The third kappa shape index (κ3) is 2.12. The minimum Gasteiger partial charge on any atom is -0.382 e. The summed E-state index contributed by atoms with van der Waals surface area (Å²) in [7, 11) is 0. The standard InChI is InChI=1S/C15H12FN3/c1-9-6-10(8-11(16)7-9)14-15(17)19-13-5-3-2-4-12(13)18-14/h2-8H,1H3,(H2,17,19). The molecule has 3 rings (SSSR count). The molecule has 0 bridgehead atoms. The summed E-state index contributed by atoms with van der Waals surface area (Å²) < 4.78 is 13.5. The van der Waals surface area contributed by atoms with Crippen LogP contribution >= 0.6 is 0 Å². The summed E-state index contributed by atoms with van der Waals surface area (Å²) in [6.45, 7) is 1.83. The van der Waals surface area contributed by atoms with E-state index in [4.69, 9.17) is 5.73 Å². The quantitative estimate of drug-likeness (QED) is 0.723. The molecule has 19 heavy (non-hydrogen) atoms. The maximum Gasteiger partial charge on any atom is 0.150 e. The van der Waals surface area contributed by atoms with Gasteiger partial charge in [-0.3, -0.25) is 0 Å². The lowest BCUT2D eigenvalue weighted by atomic mass is 10.1. The number of nitrogen functional groups attached to an aromatic ring is 1. The second-order valence-corrected chi connectivity index (χ2v) is 4.46. The Morgan fingerprint density at radius 1 is 1.00 bits per heavy atom. The number of nitrogens with two attached hydrogens (primary N) is 1. The lowest BCUT2D eigenvalue weighted by molar-refractivity contribution is 0.627. The van der Waals surface area contributed by atoms with Crippen LogP contribution in [0.4, 0.5) is 10.2 Å². The van der Waals surface area contributed by atoms with E-state index in [1.165, 1.54) is 12.1 Å². The zero-order valence-electron chi connectivity index (χ0n) is 10.4. The van der Waals surface area contributed by atoms with Gasteiger partial charge in [-0.25, -0.2) is 14.4 Å². The number of fused-ring (bicyclic) bond motifs is 1. The van der Waals surface area contributed by atoms with Crippen molar-refractivity contribution in [2.24, 2.45) is 0 Å². The lowest BCUT2D eigenvalue weighted by Gasteiger charge is -2.07. The molecular formula is C15H12FN3. The van der Waals surface area contributed by atoms with Crippen molar-refractivity contribution in [3.05, 3.63) is 53.8 Å². The fourth-order valence-electron chi connectivity index (χ4n) is 2.10. The predicted molar refractivity (Wildman–Crippen MR) is 74.1 cm³/mol. The first-order chi connectivity index (χ1) is 9.13. The molecule has 0 saturated carbocycles. The Hall–Kier alpha value is -2.49. The highest BCUT2D eigenvalue weighted by Crippen LogP contribution is 2.26. The topological polar surface area (TPSA) is 51.8 Å². The Kier molecular flexibility index (Phi) is 2.63. The lowest BCUT2D eigenvalue weighted by Crippen LogP contribution is -1.99. The van der Waals surface area contributed by atoms with Gasteiger partial charge in [-0.05, 0) is 42.8 Å². The van der Waals surface area contributed by atoms with Crippen LogP contribution in [-0.2, 0) is 0 Å². The molecular weight excluding hydrogens is 241 g/mol. The first kappa shape index (κ1) is 11.6. The summed E-state index contributed by atoms with van der Waals surface area (Å²) in [6.07, 6.45) is 0. The first-order valence-corrected chi connectivity index (χ1v) is 5.93. The number of halogens is 1. The molecule has 0 unspecified atom stereocenters. The number of anilines is 1. The van der Waals surface area contributed by atoms with Crippen molar-refractivity contribution in [3.8, 4) is 11.3 Å². The van der Waals surface area contributed by atoms with Crippen LogP contribution in [0.5, 0.6) is 0 Å². The largest absolute Gasteiger partial charge is 0.382 e. The van der Waals surface area contributed by atoms with Crippen LogP contribution in [0.1, 0.15) is 5.56 Å². The average Bonchev–Trinajstić information content (AvgIpc) is 2.36. The van der Waals surface area contributed by atoms with Crippen LogP contribution in [0, 0.1) is 12.7 Å². The Morgan fingerprint density at radius 2 is 1.68 bits per heavy atom. The van der Waals surface area contributed by atoms with E-state index < -0.39 is 0 Å². The predicted octanol–water partition coefficient (Wildman–Crippen LogP) is 3.33. The molecule has 0 spiro atoms. The third-order valence-electron chi connectivity index (χ3n) is 2.91. The molecule has 1 heterocycles. The van der Waals surface area contributed by atoms with E-state index in [1.807, 2.05) is 37.3 Å². The van der Waals surface area contributed by atoms with Gasteiger partial charge in [0.1, 0.15) is 11.5 Å². The molecule has 0 aliphatic heterocycles. The average molecular weight is 253 g/mol. The summed E-state index contributed by atoms with van der Waals surface area (Å²) in [6, 6.07) is 12.2. The molecule has 0 saturated heterocycles. The molecule has 0 amide bonds. The van der Waals surface area contributed by atoms with Gasteiger partial charge in [-0.1, -0.05) is 12.1 Å². The second kappa shape index (κ2) is 4.31. The van der Waals surface area contributed by atoms with Crippen molar-refractivity contribution in [1.29, 1.82) is 0 Å². The number of para-hydroxylation sites is 2. The number of aromatic nitrogens is 2. The highest BCUT2D eigenvalue weighted by molar-refractivity contribution is 5.82. The summed E-state index contributed by atoms with van der Waals surface area (Å²) in [5, 5.41) is 0. The fraction of sp³-hybridized carbons (Fsp3) is 0.0667. The normalized spacial score (nSPS) is 10.8. The summed E-state index contributed by atoms with van der Waals surface area (Å²) in [5.41, 5.74) is 9.39. The molecule has 0 aliphatic carbocycles. The number of nitrogens with zero attached hydrogens (tertiary/aromatic N) is 2. The smallest absolute Gasteiger partial charge is 0.150 e. The molecule has 0 radical (unpaired) electrons. The SMILES string of the molecule is Cc1cc(F)cc(-c2nc3ccccc3nc2N)c1. The Bertz CT molecular complexity index is 748. The van der Waals surface area contributed by atoms with Crippen molar-refractivity contribution in [3.63, 3.8) is 0 Å². The number of rotatable bonds is 1. The summed E-state index contributed by atoms with van der Waals surface area (Å²) in [5.74, 6) is 0.00746. The van der Waals surface area contributed by atoms with Crippen molar-refractivity contribution in [2.75, 3.05) is 5.73 Å². The maximum absolute atomic E-state index is 13.5. The van der Waals surface area contributed by atoms with E-state index in [0.29, 0.717) is 17.1 Å². The van der Waals surface area contributed by atoms with Gasteiger partial charge >= 0.3 is 0 Å². The van der Waals surface area contributed by atoms with Gasteiger partial charge in [0.05, 0.1) is 11.0 Å². The molecule has 2 aromatic carbocycles. The molecule has 2 N–H and O–H groups in total. The Labute approximate surface area is 109 Å². The van der Waals surface area contributed by atoms with Crippen molar-refractivity contribution < 1.29 is 4.39 Å². The van der Waals surface area contributed by atoms with Gasteiger partial charge < -0.3 is 5.73 Å². The maximum atomic E-state index is 13.5. The molecule has 3 aromatic rings. The van der Waals surface area contributed by atoms with E-state index in [0.717, 1.165) is 16.6 Å². The third-order valence-corrected chi connectivity index (χ3v) is 2.91. The van der Waals surface area contributed by atoms with E-state index in [2.05, 4.69) is 9.97 Å². The van der Waals surface area contributed by atoms with Crippen molar-refractivity contribution in [2.45, 2.75) is 6.92 Å². The highest BCUT2D eigenvalue weighted by atomic mass is 19.1. The molecule has 0 fully saturated rings. The number of aryl methyl sites for hydroxylation is 1. The molecule has 1 aromatic heterocycles. The van der Waals surface area contributed by atoms with Crippen LogP contribution in [0.25, 0.3) is 22.3 Å². The van der Waals surface area contributed by atoms with Gasteiger partial charge in [0.2, 0.25) is 0 Å². The summed E-state index contributed by atoms with van der Waals surface area (Å²) >= 11 is 0. The first-order valence-electron chi connectivity index (χ1n) is 5.93. The van der Waals surface area contributed by atoms with Crippen LogP contribution in [0.3, 0.4) is 0 Å². The molecule has 0 atom stereocenters. The van der Waals surface area contributed by atoms with Crippen LogP contribution in [0.2, 0.25) is 0 Å². The molecule has 4 heteroatoms. The minimum atomic E-state index is -0.302. The van der Waals surface area contributed by atoms with E-state index >= 15 is 0 Å². The van der Waals surface area contributed by atoms with Crippen molar-refractivity contribution in [1.82, 2.24) is 9.97 Å². The Morgan fingerprint density at radius 3 is 2.37 bits per heavy atom. The van der Waals surface area contributed by atoms with Crippen LogP contribution in [0.15, 0.2) is 42.5 Å². The van der Waals surface area contributed by atoms with E-state index in [-0.39, 0.29) is 5.82 Å². The number of benzene rings is 2. The number of hydrogen-bond donors (Lipinski definition) is 1. The van der Waals surface area contributed by atoms with Gasteiger partial charge in [-0.2, -0.15) is 0 Å². The molecule has 94 valence electrons. The molecule has 0 aliphatic rings. The van der Waals surface area contributed by atoms with E-state index in [9.17, 15) is 4.39 Å². The summed E-state index contributed by atoms with van der Waals surface area (Å²) in [4.78, 5) is 8.78. The van der Waals surface area contributed by atoms with Gasteiger partial charge in [0.25, 0.3) is 0 Å². The van der Waals surface area contributed by atoms with Crippen molar-refractivity contribution >= 4 is 16.9 Å².